The summed E-state index contributed by atoms with van der Waals surface area (Å²) in [5.41, 5.74) is 1.21. The average molecular weight is 210 g/mol. The molecule has 1 aromatic rings. The first-order valence-electron chi connectivity index (χ1n) is 5.73. The molecule has 1 rings (SSSR count). The van der Waals surface area contributed by atoms with Gasteiger partial charge in [0, 0.05) is 24.7 Å². The molecule has 1 atom stereocenters. The van der Waals surface area contributed by atoms with Gasteiger partial charge in [0.25, 0.3) is 0 Å². The van der Waals surface area contributed by atoms with Gasteiger partial charge in [0.1, 0.15) is 0 Å². The van der Waals surface area contributed by atoms with E-state index in [1.165, 1.54) is 5.56 Å². The molecule has 0 radical (unpaired) electrons. The molecule has 0 fully saturated rings. The molecule has 0 saturated carbocycles. The number of rotatable bonds is 7. The molecule has 0 saturated heterocycles. The predicted molar refractivity (Wildman–Crippen MR) is 62.8 cm³/mol. The lowest BCUT2D eigenvalue weighted by Gasteiger charge is -2.26. The quantitative estimate of drug-likeness (QED) is 0.747. The number of furan rings is 1. The molecule has 1 aromatic heterocycles. The molecule has 0 spiro atoms. The van der Waals surface area contributed by atoms with Crippen LogP contribution in [0.15, 0.2) is 23.0 Å². The van der Waals surface area contributed by atoms with Gasteiger partial charge in [-0.2, -0.15) is 0 Å². The number of hydrogen-bond acceptors (Lipinski definition) is 3. The van der Waals surface area contributed by atoms with Crippen LogP contribution in [0, 0.1) is 0 Å². The fourth-order valence-electron chi connectivity index (χ4n) is 1.79. The van der Waals surface area contributed by atoms with Gasteiger partial charge in [-0.1, -0.05) is 13.8 Å². The Hall–Kier alpha value is -0.800. The molecule has 0 aromatic carbocycles. The van der Waals surface area contributed by atoms with E-state index in [1.54, 1.807) is 12.5 Å². The van der Waals surface area contributed by atoms with Crippen LogP contribution in [0.3, 0.4) is 0 Å². The molecule has 1 unspecified atom stereocenters. The standard InChI is InChI=1S/C12H22N2O/c1-4-14(5-2)11(3)8-13-9-12-6-7-15-10-12/h6-7,10-11,13H,4-5,8-9H2,1-3H3. The SMILES string of the molecule is CCN(CC)C(C)CNCc1ccoc1. The van der Waals surface area contributed by atoms with Crippen molar-refractivity contribution in [1.29, 1.82) is 0 Å². The van der Waals surface area contributed by atoms with Crippen LogP contribution in [0.1, 0.15) is 26.3 Å². The van der Waals surface area contributed by atoms with Crippen molar-refractivity contribution in [3.63, 3.8) is 0 Å². The van der Waals surface area contributed by atoms with E-state index >= 15 is 0 Å². The Balaban J connectivity index is 2.19. The van der Waals surface area contributed by atoms with E-state index in [2.05, 4.69) is 31.0 Å². The Kier molecular flexibility index (Phi) is 5.43. The minimum absolute atomic E-state index is 0.590. The van der Waals surface area contributed by atoms with E-state index in [9.17, 15) is 0 Å². The van der Waals surface area contributed by atoms with Gasteiger partial charge in [-0.25, -0.2) is 0 Å². The molecule has 3 nitrogen and oxygen atoms in total. The highest BCUT2D eigenvalue weighted by Gasteiger charge is 2.08. The largest absolute Gasteiger partial charge is 0.472 e. The van der Waals surface area contributed by atoms with Crippen LogP contribution >= 0.6 is 0 Å². The van der Waals surface area contributed by atoms with E-state index in [0.29, 0.717) is 6.04 Å². The number of hydrogen-bond donors (Lipinski definition) is 1. The molecular weight excluding hydrogens is 188 g/mol. The van der Waals surface area contributed by atoms with Crippen molar-refractivity contribution in [3.8, 4) is 0 Å². The first-order valence-corrected chi connectivity index (χ1v) is 5.73. The normalized spacial score (nSPS) is 13.3. The fourth-order valence-corrected chi connectivity index (χ4v) is 1.79. The van der Waals surface area contributed by atoms with Crippen LogP contribution in [0.2, 0.25) is 0 Å². The Labute approximate surface area is 92.5 Å². The van der Waals surface area contributed by atoms with Crippen molar-refractivity contribution in [1.82, 2.24) is 10.2 Å². The van der Waals surface area contributed by atoms with Crippen LogP contribution in [0.5, 0.6) is 0 Å². The average Bonchev–Trinajstić information content (AvgIpc) is 2.72. The van der Waals surface area contributed by atoms with Crippen LogP contribution < -0.4 is 5.32 Å². The van der Waals surface area contributed by atoms with Crippen molar-refractivity contribution in [2.24, 2.45) is 0 Å². The van der Waals surface area contributed by atoms with E-state index in [1.807, 2.05) is 6.07 Å². The van der Waals surface area contributed by atoms with Crippen LogP contribution in [0.25, 0.3) is 0 Å². The van der Waals surface area contributed by atoms with E-state index in [4.69, 9.17) is 4.42 Å². The van der Waals surface area contributed by atoms with Crippen molar-refractivity contribution in [2.75, 3.05) is 19.6 Å². The van der Waals surface area contributed by atoms with Gasteiger partial charge in [0.05, 0.1) is 12.5 Å². The van der Waals surface area contributed by atoms with Gasteiger partial charge in [0.2, 0.25) is 0 Å². The molecule has 1 heterocycles. The summed E-state index contributed by atoms with van der Waals surface area (Å²) in [5.74, 6) is 0. The minimum atomic E-state index is 0.590. The molecule has 0 amide bonds. The van der Waals surface area contributed by atoms with Gasteiger partial charge < -0.3 is 9.73 Å². The summed E-state index contributed by atoms with van der Waals surface area (Å²) in [7, 11) is 0. The lowest BCUT2D eigenvalue weighted by molar-refractivity contribution is 0.225. The first kappa shape index (κ1) is 12.3. The van der Waals surface area contributed by atoms with Gasteiger partial charge in [-0.15, -0.1) is 0 Å². The number of likely N-dealkylation sites (N-methyl/N-ethyl adjacent to an activating group) is 1. The smallest absolute Gasteiger partial charge is 0.0947 e. The molecule has 0 bridgehead atoms. The first-order chi connectivity index (χ1) is 7.27. The Bertz CT molecular complexity index is 242. The zero-order valence-electron chi connectivity index (χ0n) is 9.99. The minimum Gasteiger partial charge on any atom is -0.472 e. The van der Waals surface area contributed by atoms with Crippen molar-refractivity contribution >= 4 is 0 Å². The van der Waals surface area contributed by atoms with Crippen LogP contribution in [-0.4, -0.2) is 30.6 Å². The van der Waals surface area contributed by atoms with Gasteiger partial charge in [-0.05, 0) is 26.1 Å². The predicted octanol–water partition coefficient (Wildman–Crippen LogP) is 2.10. The summed E-state index contributed by atoms with van der Waals surface area (Å²) < 4.78 is 5.01. The molecule has 1 N–H and O–H groups in total. The highest BCUT2D eigenvalue weighted by molar-refractivity contribution is 5.04. The molecule has 15 heavy (non-hydrogen) atoms. The third kappa shape index (κ3) is 4.06. The third-order valence-electron chi connectivity index (χ3n) is 2.78. The molecule has 0 aliphatic rings. The Morgan fingerprint density at radius 3 is 2.67 bits per heavy atom. The van der Waals surface area contributed by atoms with Crippen LogP contribution in [-0.2, 0) is 6.54 Å². The summed E-state index contributed by atoms with van der Waals surface area (Å²) >= 11 is 0. The highest BCUT2D eigenvalue weighted by Crippen LogP contribution is 2.00. The second kappa shape index (κ2) is 6.64. The van der Waals surface area contributed by atoms with Crippen molar-refractivity contribution in [3.05, 3.63) is 24.2 Å². The maximum Gasteiger partial charge on any atom is 0.0947 e. The molecule has 0 aliphatic heterocycles. The molecule has 3 heteroatoms. The summed E-state index contributed by atoms with van der Waals surface area (Å²) in [6.07, 6.45) is 3.50. The van der Waals surface area contributed by atoms with Gasteiger partial charge in [0.15, 0.2) is 0 Å². The number of nitrogens with zero attached hydrogens (tertiary/aromatic N) is 1. The Morgan fingerprint density at radius 1 is 1.40 bits per heavy atom. The third-order valence-corrected chi connectivity index (χ3v) is 2.78. The maximum absolute atomic E-state index is 5.01. The fraction of sp³-hybridized carbons (Fsp3) is 0.667. The second-order valence-electron chi connectivity index (χ2n) is 3.83. The summed E-state index contributed by atoms with van der Waals surface area (Å²) in [6.45, 7) is 10.8. The highest BCUT2D eigenvalue weighted by atomic mass is 16.3. The zero-order chi connectivity index (χ0) is 11.1. The van der Waals surface area contributed by atoms with E-state index in [-0.39, 0.29) is 0 Å². The van der Waals surface area contributed by atoms with Gasteiger partial charge >= 0.3 is 0 Å². The number of nitrogens with one attached hydrogen (secondary N) is 1. The van der Waals surface area contributed by atoms with Crippen LogP contribution in [0.4, 0.5) is 0 Å². The summed E-state index contributed by atoms with van der Waals surface area (Å²) in [5, 5.41) is 3.44. The topological polar surface area (TPSA) is 28.4 Å². The molecule has 0 aliphatic carbocycles. The lowest BCUT2D eigenvalue weighted by atomic mass is 10.2. The summed E-state index contributed by atoms with van der Waals surface area (Å²) in [6, 6.07) is 2.58. The van der Waals surface area contributed by atoms with Gasteiger partial charge in [-0.3, -0.25) is 4.90 Å². The zero-order valence-corrected chi connectivity index (χ0v) is 9.99. The monoisotopic (exact) mass is 210 g/mol. The lowest BCUT2D eigenvalue weighted by Crippen LogP contribution is -2.39. The van der Waals surface area contributed by atoms with E-state index in [0.717, 1.165) is 26.2 Å². The maximum atomic E-state index is 5.01. The van der Waals surface area contributed by atoms with E-state index < -0.39 is 0 Å². The molecule has 86 valence electrons. The molecular formula is C12H22N2O. The second-order valence-corrected chi connectivity index (χ2v) is 3.83. The van der Waals surface area contributed by atoms with Crippen molar-refractivity contribution < 1.29 is 4.42 Å². The Morgan fingerprint density at radius 2 is 2.13 bits per heavy atom. The summed E-state index contributed by atoms with van der Waals surface area (Å²) in [4.78, 5) is 2.45. The van der Waals surface area contributed by atoms with Crippen molar-refractivity contribution in [2.45, 2.75) is 33.4 Å².